The van der Waals surface area contributed by atoms with Crippen LogP contribution in [0.15, 0.2) is 46.4 Å². The third kappa shape index (κ3) is 3.90. The van der Waals surface area contributed by atoms with Crippen LogP contribution in [0.25, 0.3) is 16.3 Å². The fraction of sp³-hybridized carbons (Fsp3) is 0.125. The molecule has 4 nitrogen and oxygen atoms in total. The van der Waals surface area contributed by atoms with E-state index in [9.17, 15) is 0 Å². The van der Waals surface area contributed by atoms with Gasteiger partial charge in [-0.2, -0.15) is 4.99 Å². The largest absolute Gasteiger partial charge is 0.370 e. The fourth-order valence-corrected chi connectivity index (χ4v) is 3.53. The third-order valence-corrected chi connectivity index (χ3v) is 4.88. The van der Waals surface area contributed by atoms with Gasteiger partial charge in [0.2, 0.25) is 0 Å². The molecule has 0 unspecified atom stereocenters. The first-order valence-electron chi connectivity index (χ1n) is 6.56. The van der Waals surface area contributed by atoms with Crippen LogP contribution in [-0.2, 0) is 5.75 Å². The fourth-order valence-electron chi connectivity index (χ4n) is 2.01. The van der Waals surface area contributed by atoms with Gasteiger partial charge in [0.25, 0.3) is 0 Å². The van der Waals surface area contributed by atoms with Crippen LogP contribution in [0.1, 0.15) is 18.1 Å². The van der Waals surface area contributed by atoms with Gasteiger partial charge in [0.15, 0.2) is 11.1 Å². The molecule has 0 amide bonds. The highest BCUT2D eigenvalue weighted by atomic mass is 79.9. The van der Waals surface area contributed by atoms with Gasteiger partial charge < -0.3 is 11.5 Å². The topological polar surface area (TPSA) is 88.2 Å². The second-order valence-corrected chi connectivity index (χ2v) is 6.64. The molecule has 0 radical (unpaired) electrons. The number of hydrogen-bond donors (Lipinski definition) is 3. The molecular formula is C16H17BrN4S. The van der Waals surface area contributed by atoms with Crippen molar-refractivity contribution in [1.82, 2.24) is 0 Å². The normalized spacial score (nSPS) is 10.5. The Morgan fingerprint density at radius 2 is 2.05 bits per heavy atom. The van der Waals surface area contributed by atoms with Crippen LogP contribution >= 0.6 is 27.7 Å². The Labute approximate surface area is 142 Å². The van der Waals surface area contributed by atoms with Crippen molar-refractivity contribution in [1.29, 1.82) is 5.41 Å². The molecular weight excluding hydrogens is 360 g/mol. The molecule has 0 bridgehead atoms. The standard InChI is InChI=1S/C16H17BrN4S/c1-9(2)10-5-6-13-11(7-10)3-4-12(14(13)17)8-22-16(20)21-15(18)19/h3-7H,1,8H2,2H3,(H5,18,19,20,21). The molecule has 0 heterocycles. The van der Waals surface area contributed by atoms with Gasteiger partial charge in [-0.05, 0) is 50.8 Å². The summed E-state index contributed by atoms with van der Waals surface area (Å²) in [4.78, 5) is 3.71. The maximum atomic E-state index is 7.67. The van der Waals surface area contributed by atoms with Gasteiger partial charge in [-0.1, -0.05) is 48.2 Å². The lowest BCUT2D eigenvalue weighted by atomic mass is 10.0. The molecule has 2 aromatic carbocycles. The number of allylic oxidation sites excluding steroid dienone is 1. The van der Waals surface area contributed by atoms with Crippen LogP contribution in [0.2, 0.25) is 0 Å². The zero-order chi connectivity index (χ0) is 16.3. The van der Waals surface area contributed by atoms with Crippen molar-refractivity contribution in [3.8, 4) is 0 Å². The molecule has 114 valence electrons. The zero-order valence-corrected chi connectivity index (χ0v) is 14.6. The number of hydrogen-bond acceptors (Lipinski definition) is 2. The predicted molar refractivity (Wildman–Crippen MR) is 101 cm³/mol. The number of rotatable bonds is 3. The summed E-state index contributed by atoms with van der Waals surface area (Å²) in [5.74, 6) is 0.524. The molecule has 22 heavy (non-hydrogen) atoms. The molecule has 2 aromatic rings. The van der Waals surface area contributed by atoms with E-state index < -0.39 is 0 Å². The van der Waals surface area contributed by atoms with Gasteiger partial charge in [-0.15, -0.1) is 0 Å². The Kier molecular flexibility index (Phi) is 5.26. The van der Waals surface area contributed by atoms with Crippen LogP contribution < -0.4 is 11.5 Å². The maximum absolute atomic E-state index is 7.67. The number of fused-ring (bicyclic) bond motifs is 1. The van der Waals surface area contributed by atoms with E-state index in [0.29, 0.717) is 5.75 Å². The monoisotopic (exact) mass is 376 g/mol. The van der Waals surface area contributed by atoms with Crippen molar-refractivity contribution in [3.05, 3.63) is 52.5 Å². The van der Waals surface area contributed by atoms with Crippen LogP contribution in [0, 0.1) is 5.41 Å². The van der Waals surface area contributed by atoms with Gasteiger partial charge in [-0.25, -0.2) is 0 Å². The van der Waals surface area contributed by atoms with Crippen LogP contribution in [0.5, 0.6) is 0 Å². The SMILES string of the molecule is C=C(C)c1ccc2c(Br)c(CSC(=N)N=C(N)N)ccc2c1. The lowest BCUT2D eigenvalue weighted by Crippen LogP contribution is -2.23. The second kappa shape index (κ2) is 6.98. The van der Waals surface area contributed by atoms with E-state index in [1.807, 2.05) is 13.0 Å². The number of benzene rings is 2. The van der Waals surface area contributed by atoms with E-state index in [-0.39, 0.29) is 11.1 Å². The highest BCUT2D eigenvalue weighted by molar-refractivity contribution is 9.10. The van der Waals surface area contributed by atoms with Gasteiger partial charge >= 0.3 is 0 Å². The lowest BCUT2D eigenvalue weighted by molar-refractivity contribution is 1.40. The minimum absolute atomic E-state index is 0.0950. The molecule has 0 aliphatic heterocycles. The first kappa shape index (κ1) is 16.6. The zero-order valence-electron chi connectivity index (χ0n) is 12.2. The molecule has 2 rings (SSSR count). The molecule has 0 spiro atoms. The Hall–Kier alpha value is -1.79. The number of thioether (sulfide) groups is 1. The summed E-state index contributed by atoms with van der Waals surface area (Å²) in [6, 6.07) is 10.4. The number of guanidine groups is 1. The Balaban J connectivity index is 2.28. The van der Waals surface area contributed by atoms with E-state index >= 15 is 0 Å². The van der Waals surface area contributed by atoms with Crippen molar-refractivity contribution in [2.45, 2.75) is 12.7 Å². The number of nitrogens with zero attached hydrogens (tertiary/aromatic N) is 1. The maximum Gasteiger partial charge on any atom is 0.193 e. The summed E-state index contributed by atoms with van der Waals surface area (Å²) in [5, 5.41) is 10.1. The quantitative estimate of drug-likeness (QED) is 0.556. The minimum atomic E-state index is -0.0950. The molecule has 0 aliphatic rings. The van der Waals surface area contributed by atoms with Crippen LogP contribution in [0.3, 0.4) is 0 Å². The van der Waals surface area contributed by atoms with Crippen molar-refractivity contribution in [2.75, 3.05) is 0 Å². The summed E-state index contributed by atoms with van der Waals surface area (Å²) in [6.45, 7) is 5.97. The predicted octanol–water partition coefficient (Wildman–Crippen LogP) is 4.08. The van der Waals surface area contributed by atoms with Crippen LogP contribution in [0.4, 0.5) is 0 Å². The van der Waals surface area contributed by atoms with E-state index in [1.165, 1.54) is 11.8 Å². The summed E-state index contributed by atoms with van der Waals surface area (Å²) in [5.41, 5.74) is 13.8. The molecule has 0 saturated heterocycles. The second-order valence-electron chi connectivity index (χ2n) is 4.89. The van der Waals surface area contributed by atoms with Crippen molar-refractivity contribution < 1.29 is 0 Å². The Morgan fingerprint density at radius 3 is 2.68 bits per heavy atom. The molecule has 0 fully saturated rings. The number of amidine groups is 1. The molecule has 0 saturated carbocycles. The Bertz CT molecular complexity index is 779. The molecule has 6 heteroatoms. The number of nitrogens with two attached hydrogens (primary N) is 2. The molecule has 5 N–H and O–H groups in total. The average Bonchev–Trinajstić information content (AvgIpc) is 2.45. The van der Waals surface area contributed by atoms with Crippen molar-refractivity contribution in [3.63, 3.8) is 0 Å². The summed E-state index contributed by atoms with van der Waals surface area (Å²) in [6.07, 6.45) is 0. The number of nitrogens with one attached hydrogen (secondary N) is 1. The summed E-state index contributed by atoms with van der Waals surface area (Å²) < 4.78 is 1.03. The van der Waals surface area contributed by atoms with E-state index in [4.69, 9.17) is 16.9 Å². The smallest absolute Gasteiger partial charge is 0.193 e. The number of aliphatic imine (C=N–C) groups is 1. The Morgan fingerprint density at radius 1 is 1.32 bits per heavy atom. The van der Waals surface area contributed by atoms with E-state index in [0.717, 1.165) is 31.9 Å². The average molecular weight is 377 g/mol. The van der Waals surface area contributed by atoms with E-state index in [1.54, 1.807) is 0 Å². The van der Waals surface area contributed by atoms with Crippen molar-refractivity contribution in [2.24, 2.45) is 16.5 Å². The van der Waals surface area contributed by atoms with Gasteiger partial charge in [0.1, 0.15) is 0 Å². The van der Waals surface area contributed by atoms with Gasteiger partial charge in [-0.3, -0.25) is 5.41 Å². The van der Waals surface area contributed by atoms with Gasteiger partial charge in [0, 0.05) is 10.2 Å². The molecule has 0 aromatic heterocycles. The minimum Gasteiger partial charge on any atom is -0.370 e. The third-order valence-electron chi connectivity index (χ3n) is 3.12. The first-order chi connectivity index (χ1) is 10.4. The van der Waals surface area contributed by atoms with Crippen molar-refractivity contribution >= 4 is 55.2 Å². The number of halogens is 1. The van der Waals surface area contributed by atoms with E-state index in [2.05, 4.69) is 51.8 Å². The highest BCUT2D eigenvalue weighted by Crippen LogP contribution is 2.32. The van der Waals surface area contributed by atoms with Crippen LogP contribution in [-0.4, -0.2) is 11.1 Å². The molecule has 0 aliphatic carbocycles. The lowest BCUT2D eigenvalue weighted by Gasteiger charge is -2.09. The summed E-state index contributed by atoms with van der Waals surface area (Å²) in [7, 11) is 0. The highest BCUT2D eigenvalue weighted by Gasteiger charge is 2.08. The van der Waals surface area contributed by atoms with Gasteiger partial charge in [0.05, 0.1) is 0 Å². The summed E-state index contributed by atoms with van der Waals surface area (Å²) >= 11 is 4.93. The first-order valence-corrected chi connectivity index (χ1v) is 8.34. The molecule has 0 atom stereocenters.